The zero-order valence-electron chi connectivity index (χ0n) is 51.4. The molecule has 0 fully saturated rings. The lowest BCUT2D eigenvalue weighted by Gasteiger charge is -2.21. The molecule has 0 rings (SSSR count). The highest BCUT2D eigenvalue weighted by molar-refractivity contribution is 7.47. The van der Waals surface area contributed by atoms with Crippen LogP contribution in [0.3, 0.4) is 0 Å². The van der Waals surface area contributed by atoms with Gasteiger partial charge in [0, 0.05) is 25.7 Å². The van der Waals surface area contributed by atoms with E-state index in [2.05, 4.69) is 41.5 Å². The molecule has 80 heavy (non-hydrogen) atoms. The fourth-order valence-corrected chi connectivity index (χ4v) is 10.6. The van der Waals surface area contributed by atoms with Crippen LogP contribution in [0, 0.1) is 11.8 Å². The van der Waals surface area contributed by atoms with Crippen LogP contribution < -0.4 is 0 Å². The first-order chi connectivity index (χ1) is 38.4. The van der Waals surface area contributed by atoms with Crippen molar-refractivity contribution in [2.45, 2.75) is 317 Å². The number of unbranched alkanes of at least 4 members (excludes halogenated alkanes) is 30. The number of rotatable bonds is 60. The topological polar surface area (TPSA) is 237 Å². The smallest absolute Gasteiger partial charge is 0.462 e. The number of phosphoric acid groups is 2. The van der Waals surface area contributed by atoms with Crippen LogP contribution in [0.1, 0.15) is 298 Å². The zero-order valence-corrected chi connectivity index (χ0v) is 53.2. The number of ether oxygens (including phenoxy) is 4. The zero-order chi connectivity index (χ0) is 59.4. The summed E-state index contributed by atoms with van der Waals surface area (Å²) in [4.78, 5) is 71.6. The molecule has 0 amide bonds. The number of hydrogen-bond acceptors (Lipinski definition) is 15. The first-order valence-electron chi connectivity index (χ1n) is 32.0. The van der Waals surface area contributed by atoms with Gasteiger partial charge >= 0.3 is 39.5 Å². The first kappa shape index (κ1) is 78.1. The van der Waals surface area contributed by atoms with E-state index in [1.54, 1.807) is 0 Å². The lowest BCUT2D eigenvalue weighted by atomic mass is 10.0. The Kier molecular flexibility index (Phi) is 52.5. The normalized spacial score (nSPS) is 14.4. The van der Waals surface area contributed by atoms with Gasteiger partial charge in [0.05, 0.1) is 26.4 Å². The van der Waals surface area contributed by atoms with E-state index in [0.717, 1.165) is 108 Å². The quantitative estimate of drug-likeness (QED) is 0.0222. The van der Waals surface area contributed by atoms with Crippen LogP contribution in [-0.2, 0) is 65.4 Å². The van der Waals surface area contributed by atoms with E-state index in [-0.39, 0.29) is 25.7 Å². The molecule has 0 aromatic rings. The summed E-state index contributed by atoms with van der Waals surface area (Å²) in [5.41, 5.74) is 0. The predicted octanol–water partition coefficient (Wildman–Crippen LogP) is 16.5. The van der Waals surface area contributed by atoms with E-state index in [4.69, 9.17) is 37.0 Å². The van der Waals surface area contributed by atoms with Crippen molar-refractivity contribution in [3.05, 3.63) is 0 Å². The monoisotopic (exact) mass is 1180 g/mol. The average molecular weight is 1190 g/mol. The van der Waals surface area contributed by atoms with Gasteiger partial charge in [-0.15, -0.1) is 0 Å². The van der Waals surface area contributed by atoms with E-state index >= 15 is 0 Å². The van der Waals surface area contributed by atoms with E-state index in [9.17, 15) is 43.2 Å². The minimum atomic E-state index is -4.94. The molecule has 19 heteroatoms. The second-order valence-electron chi connectivity index (χ2n) is 23.0. The highest BCUT2D eigenvalue weighted by atomic mass is 31.2. The second kappa shape index (κ2) is 53.8. The van der Waals surface area contributed by atoms with Gasteiger partial charge in [0.1, 0.15) is 19.3 Å². The highest BCUT2D eigenvalue weighted by Crippen LogP contribution is 2.45. The van der Waals surface area contributed by atoms with Gasteiger partial charge in [-0.25, -0.2) is 9.13 Å². The Hall–Kier alpha value is -1.94. The maximum atomic E-state index is 13.0. The largest absolute Gasteiger partial charge is 0.472 e. The Morgan fingerprint density at radius 3 is 0.850 bits per heavy atom. The molecule has 0 aliphatic heterocycles. The van der Waals surface area contributed by atoms with Gasteiger partial charge < -0.3 is 33.8 Å². The molecule has 17 nitrogen and oxygen atoms in total. The summed E-state index contributed by atoms with van der Waals surface area (Å²) in [6, 6.07) is 0. The van der Waals surface area contributed by atoms with Gasteiger partial charge in [-0.1, -0.05) is 247 Å². The van der Waals surface area contributed by atoms with E-state index in [0.29, 0.717) is 25.7 Å². The van der Waals surface area contributed by atoms with Crippen LogP contribution in [0.2, 0.25) is 0 Å². The molecule has 0 spiro atoms. The summed E-state index contributed by atoms with van der Waals surface area (Å²) < 4.78 is 67.5. The Bertz CT molecular complexity index is 1580. The molecular weight excluding hydrogens is 1070 g/mol. The van der Waals surface area contributed by atoms with Gasteiger partial charge in [0.15, 0.2) is 12.2 Å². The number of esters is 4. The molecule has 474 valence electrons. The Balaban J connectivity index is 5.11. The van der Waals surface area contributed by atoms with Crippen molar-refractivity contribution < 1.29 is 80.2 Å². The van der Waals surface area contributed by atoms with Gasteiger partial charge in [-0.05, 0) is 37.5 Å². The van der Waals surface area contributed by atoms with Crippen LogP contribution in [-0.4, -0.2) is 96.7 Å². The van der Waals surface area contributed by atoms with Gasteiger partial charge in [-0.3, -0.25) is 37.3 Å². The van der Waals surface area contributed by atoms with Crippen molar-refractivity contribution >= 4 is 39.5 Å². The summed E-state index contributed by atoms with van der Waals surface area (Å²) in [5.74, 6) is -0.606. The molecule has 0 aromatic heterocycles. The molecule has 0 aliphatic rings. The summed E-state index contributed by atoms with van der Waals surface area (Å²) in [6.07, 6.45) is 35.6. The molecule has 0 aromatic carbocycles. The summed E-state index contributed by atoms with van der Waals surface area (Å²) >= 11 is 0. The average Bonchev–Trinajstić information content (AvgIpc) is 3.41. The van der Waals surface area contributed by atoms with Gasteiger partial charge in [0.25, 0.3) is 0 Å². The molecule has 0 heterocycles. The minimum absolute atomic E-state index is 0.0986. The summed E-state index contributed by atoms with van der Waals surface area (Å²) in [5, 5.41) is 10.5. The fraction of sp³-hybridized carbons (Fsp3) is 0.934. The van der Waals surface area contributed by atoms with Crippen LogP contribution in [0.25, 0.3) is 0 Å². The first-order valence-corrected chi connectivity index (χ1v) is 35.0. The lowest BCUT2D eigenvalue weighted by molar-refractivity contribution is -0.161. The number of carbonyl (C=O) groups excluding carboxylic acids is 4. The Labute approximate surface area is 486 Å². The third-order valence-electron chi connectivity index (χ3n) is 14.0. The van der Waals surface area contributed by atoms with Crippen LogP contribution in [0.5, 0.6) is 0 Å². The van der Waals surface area contributed by atoms with E-state index < -0.39 is 97.5 Å². The molecule has 2 unspecified atom stereocenters. The number of hydrogen-bond donors (Lipinski definition) is 3. The molecule has 5 atom stereocenters. The molecule has 0 bridgehead atoms. The molecule has 0 saturated heterocycles. The van der Waals surface area contributed by atoms with Crippen LogP contribution in [0.15, 0.2) is 0 Å². The SMILES string of the molecule is CCCCCCCC(=O)OC[C@H](COP(=O)(O)OC[C@H](O)COP(=O)(O)OC[C@@H](COC(=O)CCCCCCCCCCCCC(C)C)OC(=O)CCCCCCCCCCCCCCCCC(C)C)OC(=O)CCCCCCC. The second-order valence-corrected chi connectivity index (χ2v) is 25.9. The maximum Gasteiger partial charge on any atom is 0.472 e. The van der Waals surface area contributed by atoms with Crippen LogP contribution in [0.4, 0.5) is 0 Å². The molecule has 0 radical (unpaired) electrons. The van der Waals surface area contributed by atoms with Crippen LogP contribution >= 0.6 is 15.6 Å². The standard InChI is InChI=1S/C61H118O17P2/c1-7-9-11-29-37-43-58(63)71-49-56(77-60(65)45-39-30-12-10-8-2)51-75-79(67,68)73-47-55(62)48-74-80(69,70)76-52-57(50-72-59(64)44-38-33-27-23-20-19-22-26-32-36-42-54(5)6)78-61(66)46-40-34-28-24-18-16-14-13-15-17-21-25-31-35-41-53(3)4/h53-57,62H,7-52H2,1-6H3,(H,67,68)(H,69,70)/t55-,56+,57+/m0/s1. The number of aliphatic hydroxyl groups is 1. The number of aliphatic hydroxyl groups excluding tert-OH is 1. The Morgan fingerprint density at radius 1 is 0.338 bits per heavy atom. The van der Waals surface area contributed by atoms with Crippen molar-refractivity contribution in [2.24, 2.45) is 11.8 Å². The summed E-state index contributed by atoms with van der Waals surface area (Å²) in [6.45, 7) is 9.30. The predicted molar refractivity (Wildman–Crippen MR) is 317 cm³/mol. The lowest BCUT2D eigenvalue weighted by Crippen LogP contribution is -2.30. The van der Waals surface area contributed by atoms with Crippen molar-refractivity contribution in [1.29, 1.82) is 0 Å². The third kappa shape index (κ3) is 55.3. The van der Waals surface area contributed by atoms with Crippen molar-refractivity contribution in [3.63, 3.8) is 0 Å². The minimum Gasteiger partial charge on any atom is -0.462 e. The molecule has 0 saturated carbocycles. The fourth-order valence-electron chi connectivity index (χ4n) is 9.00. The van der Waals surface area contributed by atoms with Crippen molar-refractivity contribution in [2.75, 3.05) is 39.6 Å². The number of carbonyl (C=O) groups is 4. The number of phosphoric ester groups is 2. The van der Waals surface area contributed by atoms with Gasteiger partial charge in [0.2, 0.25) is 0 Å². The van der Waals surface area contributed by atoms with E-state index in [1.807, 2.05) is 0 Å². The summed E-state index contributed by atoms with van der Waals surface area (Å²) in [7, 11) is -9.86. The van der Waals surface area contributed by atoms with Crippen molar-refractivity contribution in [3.8, 4) is 0 Å². The molecule has 0 aliphatic carbocycles. The molecule has 3 N–H and O–H groups in total. The third-order valence-corrected chi connectivity index (χ3v) is 15.9. The van der Waals surface area contributed by atoms with Gasteiger partial charge in [-0.2, -0.15) is 0 Å². The Morgan fingerprint density at radius 2 is 0.575 bits per heavy atom. The maximum absolute atomic E-state index is 13.0. The van der Waals surface area contributed by atoms with Crippen molar-refractivity contribution in [1.82, 2.24) is 0 Å². The highest BCUT2D eigenvalue weighted by Gasteiger charge is 2.30. The van der Waals surface area contributed by atoms with E-state index in [1.165, 1.54) is 109 Å². The molecular formula is C61H118O17P2.